The Balaban J connectivity index is 1.42. The van der Waals surface area contributed by atoms with Gasteiger partial charge in [0, 0.05) is 32.2 Å². The van der Waals surface area contributed by atoms with Crippen LogP contribution in [0.2, 0.25) is 0 Å². The number of hydrogen-bond acceptors (Lipinski definition) is 7. The molecule has 0 fully saturated rings. The van der Waals surface area contributed by atoms with Crippen LogP contribution in [0.3, 0.4) is 0 Å². The Bertz CT molecular complexity index is 1970. The van der Waals surface area contributed by atoms with Gasteiger partial charge in [0.05, 0.1) is 0 Å². The molecular formula is C32H32N8O3. The molecule has 6 rings (SSSR count). The summed E-state index contributed by atoms with van der Waals surface area (Å²) in [7, 11) is 1.49. The van der Waals surface area contributed by atoms with Gasteiger partial charge in [0.1, 0.15) is 12.1 Å². The third kappa shape index (κ3) is 5.30. The first-order chi connectivity index (χ1) is 21.0. The topological polar surface area (TPSA) is 126 Å². The molecule has 0 radical (unpaired) electrons. The predicted molar refractivity (Wildman–Crippen MR) is 164 cm³/mol. The number of hydrogen-bond donors (Lipinski definition) is 1. The number of fused-ring (bicyclic) bond motifs is 1. The van der Waals surface area contributed by atoms with Crippen LogP contribution in [0.1, 0.15) is 37.0 Å². The van der Waals surface area contributed by atoms with Crippen LogP contribution in [0, 0.1) is 0 Å². The van der Waals surface area contributed by atoms with Gasteiger partial charge in [-0.05, 0) is 40.8 Å². The lowest BCUT2D eigenvalue weighted by Gasteiger charge is -2.17. The minimum atomic E-state index is -0.737. The van der Waals surface area contributed by atoms with E-state index in [0.717, 1.165) is 33.6 Å². The number of aromatic amines is 1. The van der Waals surface area contributed by atoms with Crippen molar-refractivity contribution in [3.8, 4) is 22.5 Å². The summed E-state index contributed by atoms with van der Waals surface area (Å²) in [6, 6.07) is 26.0. The molecule has 0 aliphatic heterocycles. The minimum absolute atomic E-state index is 0.380. The number of aromatic nitrogens is 8. The lowest BCUT2D eigenvalue weighted by molar-refractivity contribution is 0.0530. The maximum Gasteiger partial charge on any atom is 0.334 e. The second-order valence-corrected chi connectivity index (χ2v) is 10.3. The van der Waals surface area contributed by atoms with E-state index < -0.39 is 17.5 Å². The normalized spacial score (nSPS) is 12.2. The number of nitrogens with zero attached hydrogens (tertiary/aromatic N) is 7. The van der Waals surface area contributed by atoms with Crippen LogP contribution in [0.5, 0.6) is 0 Å². The highest BCUT2D eigenvalue weighted by Gasteiger charge is 2.23. The van der Waals surface area contributed by atoms with Crippen molar-refractivity contribution in [3.63, 3.8) is 0 Å². The van der Waals surface area contributed by atoms with Crippen molar-refractivity contribution in [3.05, 3.63) is 117 Å². The average molecular weight is 577 g/mol. The Morgan fingerprint density at radius 1 is 0.884 bits per heavy atom. The van der Waals surface area contributed by atoms with Crippen LogP contribution in [-0.2, 0) is 30.7 Å². The summed E-state index contributed by atoms with van der Waals surface area (Å²) in [5.74, 6) is 1.26. The molecule has 1 atom stereocenters. The summed E-state index contributed by atoms with van der Waals surface area (Å²) in [6.45, 7) is 4.49. The highest BCUT2D eigenvalue weighted by Crippen LogP contribution is 2.30. The van der Waals surface area contributed by atoms with Crippen molar-refractivity contribution < 1.29 is 4.74 Å². The van der Waals surface area contributed by atoms with E-state index in [0.29, 0.717) is 42.9 Å². The lowest BCUT2D eigenvalue weighted by Crippen LogP contribution is -2.43. The predicted octanol–water partition coefficient (Wildman–Crippen LogP) is 4.23. The van der Waals surface area contributed by atoms with E-state index in [1.165, 1.54) is 11.7 Å². The third-order valence-corrected chi connectivity index (χ3v) is 7.75. The highest BCUT2D eigenvalue weighted by molar-refractivity contribution is 5.80. The number of nitrogens with one attached hydrogen (secondary N) is 1. The monoisotopic (exact) mass is 576 g/mol. The fourth-order valence-electron chi connectivity index (χ4n) is 5.44. The van der Waals surface area contributed by atoms with Crippen LogP contribution >= 0.6 is 0 Å². The van der Waals surface area contributed by atoms with Gasteiger partial charge in [0.15, 0.2) is 11.2 Å². The molecule has 3 aromatic carbocycles. The Hall–Kier alpha value is -5.16. The van der Waals surface area contributed by atoms with E-state index in [-0.39, 0.29) is 0 Å². The molecule has 43 heavy (non-hydrogen) atoms. The molecule has 0 saturated heterocycles. The smallest absolute Gasteiger partial charge is 0.334 e. The van der Waals surface area contributed by atoms with Crippen molar-refractivity contribution >= 4 is 11.2 Å². The van der Waals surface area contributed by atoms with Crippen LogP contribution in [0.4, 0.5) is 0 Å². The number of ether oxygens (including phenoxy) is 1. The zero-order chi connectivity index (χ0) is 29.9. The zero-order valence-electron chi connectivity index (χ0n) is 24.3. The summed E-state index contributed by atoms with van der Waals surface area (Å²) in [5.41, 5.74) is 4.88. The molecule has 0 amide bonds. The molecule has 6 aromatic rings. The first kappa shape index (κ1) is 28.0. The van der Waals surface area contributed by atoms with Crippen LogP contribution in [-0.4, -0.2) is 46.4 Å². The highest BCUT2D eigenvalue weighted by atomic mass is 16.5. The summed E-state index contributed by atoms with van der Waals surface area (Å²) in [6.07, 6.45) is 0.479. The van der Waals surface area contributed by atoms with Crippen molar-refractivity contribution in [2.75, 3.05) is 7.11 Å². The van der Waals surface area contributed by atoms with Gasteiger partial charge in [0.2, 0.25) is 5.82 Å². The quantitative estimate of drug-likeness (QED) is 0.259. The number of imidazole rings is 1. The van der Waals surface area contributed by atoms with E-state index in [2.05, 4.69) is 20.6 Å². The summed E-state index contributed by atoms with van der Waals surface area (Å²) < 4.78 is 10.2. The van der Waals surface area contributed by atoms with E-state index in [1.807, 2.05) is 90.4 Å². The van der Waals surface area contributed by atoms with Crippen LogP contribution in [0.15, 0.2) is 88.5 Å². The summed E-state index contributed by atoms with van der Waals surface area (Å²) in [5, 5.41) is 14.5. The van der Waals surface area contributed by atoms with Crippen molar-refractivity contribution in [2.45, 2.75) is 46.0 Å². The van der Waals surface area contributed by atoms with Gasteiger partial charge in [-0.15, -0.1) is 10.2 Å². The van der Waals surface area contributed by atoms with Gasteiger partial charge in [-0.1, -0.05) is 85.8 Å². The molecule has 0 spiro atoms. The number of aryl methyl sites for hydroxylation is 3. The van der Waals surface area contributed by atoms with Gasteiger partial charge < -0.3 is 9.30 Å². The molecular weight excluding hydrogens is 544 g/mol. The fourth-order valence-corrected chi connectivity index (χ4v) is 5.44. The SMILES string of the molecule is CCc1nc2c(c(=O)n(C(C)OC)c(=O)n2CCc2ccccc2)n1Cc1ccc(-c2ccccc2-c2nn[nH]n2)cc1. The molecule has 0 bridgehead atoms. The maximum absolute atomic E-state index is 13.9. The Morgan fingerprint density at radius 2 is 1.60 bits per heavy atom. The van der Waals surface area contributed by atoms with Crippen molar-refractivity contribution in [1.29, 1.82) is 0 Å². The van der Waals surface area contributed by atoms with Gasteiger partial charge in [-0.25, -0.2) is 14.3 Å². The first-order valence-corrected chi connectivity index (χ1v) is 14.2. The second-order valence-electron chi connectivity index (χ2n) is 10.3. The summed E-state index contributed by atoms with van der Waals surface area (Å²) >= 11 is 0. The average Bonchev–Trinajstić information content (AvgIpc) is 3.71. The van der Waals surface area contributed by atoms with Crippen LogP contribution < -0.4 is 11.2 Å². The standard InChI is InChI=1S/C32H32N8O3/c1-4-27-33-30-28(31(41)40(21(2)43-3)32(42)38(30)19-18-22-10-6-5-7-11-22)39(27)20-23-14-16-24(17-15-23)25-12-8-9-13-26(25)29-34-36-37-35-29/h5-17,21H,4,18-20H2,1-3H3,(H,34,35,36,37). The second kappa shape index (κ2) is 12.0. The van der Waals surface area contributed by atoms with Gasteiger partial charge >= 0.3 is 5.69 Å². The molecule has 11 nitrogen and oxygen atoms in total. The lowest BCUT2D eigenvalue weighted by atomic mass is 9.98. The van der Waals surface area contributed by atoms with Gasteiger partial charge in [-0.3, -0.25) is 9.36 Å². The Labute approximate surface area is 247 Å². The molecule has 11 heteroatoms. The summed E-state index contributed by atoms with van der Waals surface area (Å²) in [4.78, 5) is 32.4. The molecule has 1 N–H and O–H groups in total. The molecule has 1 unspecified atom stereocenters. The Kier molecular flexibility index (Phi) is 7.80. The van der Waals surface area contributed by atoms with Crippen molar-refractivity contribution in [1.82, 2.24) is 39.3 Å². The van der Waals surface area contributed by atoms with Crippen LogP contribution in [0.25, 0.3) is 33.7 Å². The number of benzene rings is 3. The number of methoxy groups -OCH3 is 1. The molecule has 3 aromatic heterocycles. The maximum atomic E-state index is 13.9. The molecule has 218 valence electrons. The molecule has 0 saturated carbocycles. The molecule has 3 heterocycles. The largest absolute Gasteiger partial charge is 0.361 e. The number of H-pyrrole nitrogens is 1. The minimum Gasteiger partial charge on any atom is -0.361 e. The van der Waals surface area contributed by atoms with E-state index in [4.69, 9.17) is 9.72 Å². The van der Waals surface area contributed by atoms with E-state index in [1.54, 1.807) is 11.5 Å². The van der Waals surface area contributed by atoms with E-state index >= 15 is 0 Å². The van der Waals surface area contributed by atoms with Gasteiger partial charge in [0.25, 0.3) is 5.56 Å². The van der Waals surface area contributed by atoms with Crippen molar-refractivity contribution in [2.24, 2.45) is 0 Å². The third-order valence-electron chi connectivity index (χ3n) is 7.75. The molecule has 0 aliphatic carbocycles. The first-order valence-electron chi connectivity index (χ1n) is 14.2. The number of tetrazole rings is 1. The fraction of sp³-hybridized carbons (Fsp3) is 0.250. The Morgan fingerprint density at radius 3 is 2.28 bits per heavy atom. The number of rotatable bonds is 10. The molecule has 0 aliphatic rings. The zero-order valence-corrected chi connectivity index (χ0v) is 24.3. The van der Waals surface area contributed by atoms with E-state index in [9.17, 15) is 9.59 Å². The van der Waals surface area contributed by atoms with Gasteiger partial charge in [-0.2, -0.15) is 5.21 Å².